The fourth-order valence-electron chi connectivity index (χ4n) is 1.08. The van der Waals surface area contributed by atoms with Crippen LogP contribution in [-0.4, -0.2) is 30.9 Å². The smallest absolute Gasteiger partial charge is 0.188 e. The van der Waals surface area contributed by atoms with E-state index in [1.165, 1.54) is 24.9 Å². The Balaban J connectivity index is 2.91. The summed E-state index contributed by atoms with van der Waals surface area (Å²) in [6, 6.07) is 4.88. The third-order valence-electron chi connectivity index (χ3n) is 1.78. The normalized spacial score (nSPS) is 10.1. The van der Waals surface area contributed by atoms with Gasteiger partial charge in [0.15, 0.2) is 5.78 Å². The summed E-state index contributed by atoms with van der Waals surface area (Å²) >= 11 is 1.44. The molecule has 0 aliphatic heterocycles. The lowest BCUT2D eigenvalue weighted by atomic mass is 10.1. The number of thioether (sulfide) groups is 1. The lowest BCUT2D eigenvalue weighted by Gasteiger charge is -2.03. The van der Waals surface area contributed by atoms with E-state index >= 15 is 0 Å². The van der Waals surface area contributed by atoms with Gasteiger partial charge in [-0.05, 0) is 24.5 Å². The number of carbonyl (C=O) groups is 1. The van der Waals surface area contributed by atoms with Crippen molar-refractivity contribution in [2.45, 2.75) is 4.90 Å². The first-order chi connectivity index (χ1) is 6.69. The molecule has 0 saturated carbocycles. The minimum absolute atomic E-state index is 0.0397. The van der Waals surface area contributed by atoms with Crippen LogP contribution in [0.15, 0.2) is 23.1 Å². The van der Waals surface area contributed by atoms with Gasteiger partial charge in [-0.15, -0.1) is 11.8 Å². The molecule has 1 rings (SSSR count). The third kappa shape index (κ3) is 2.49. The highest BCUT2D eigenvalue weighted by Crippen LogP contribution is 2.27. The average molecular weight is 212 g/mol. The molecular formula is C10H12O3S. The van der Waals surface area contributed by atoms with Crippen LogP contribution in [-0.2, 0) is 4.74 Å². The predicted molar refractivity (Wildman–Crippen MR) is 56.1 cm³/mol. The Kier molecular flexibility index (Phi) is 3.98. The molecule has 0 aromatic heterocycles. The standard InChI is InChI=1S/C10H12O3S/c1-13-6-9(12)7-3-4-10(14-2)8(11)5-7/h3-5,11H,6H2,1-2H3. The number of carbonyl (C=O) groups excluding carboxylic acids is 1. The first-order valence-corrected chi connectivity index (χ1v) is 5.30. The molecular weight excluding hydrogens is 200 g/mol. The number of Topliss-reactive ketones (excluding diaryl/α,β-unsaturated/α-hetero) is 1. The Labute approximate surface area is 87.1 Å². The van der Waals surface area contributed by atoms with Crippen LogP contribution in [0.25, 0.3) is 0 Å². The van der Waals surface area contributed by atoms with Gasteiger partial charge in [0.1, 0.15) is 12.4 Å². The second kappa shape index (κ2) is 5.02. The molecule has 0 heterocycles. The molecule has 76 valence electrons. The van der Waals surface area contributed by atoms with Gasteiger partial charge in [0.05, 0.1) is 0 Å². The first kappa shape index (κ1) is 11.1. The summed E-state index contributed by atoms with van der Waals surface area (Å²) in [7, 11) is 1.47. The van der Waals surface area contributed by atoms with Gasteiger partial charge in [0.25, 0.3) is 0 Å². The topological polar surface area (TPSA) is 46.5 Å². The van der Waals surface area contributed by atoms with E-state index in [4.69, 9.17) is 4.74 Å². The van der Waals surface area contributed by atoms with Gasteiger partial charge in [-0.3, -0.25) is 4.79 Å². The minimum atomic E-state index is -0.129. The molecule has 0 saturated heterocycles. The van der Waals surface area contributed by atoms with E-state index in [1.54, 1.807) is 12.1 Å². The second-order valence-electron chi connectivity index (χ2n) is 2.74. The van der Waals surface area contributed by atoms with E-state index in [0.29, 0.717) is 5.56 Å². The summed E-state index contributed by atoms with van der Waals surface area (Å²) in [5, 5.41) is 9.49. The van der Waals surface area contributed by atoms with Crippen molar-refractivity contribution in [2.24, 2.45) is 0 Å². The first-order valence-electron chi connectivity index (χ1n) is 4.08. The molecule has 0 bridgehead atoms. The Morgan fingerprint density at radius 1 is 1.57 bits per heavy atom. The molecule has 0 radical (unpaired) electrons. The van der Waals surface area contributed by atoms with Gasteiger partial charge < -0.3 is 9.84 Å². The summed E-state index contributed by atoms with van der Waals surface area (Å²) in [5.74, 6) is 0.00917. The van der Waals surface area contributed by atoms with Crippen LogP contribution in [0.2, 0.25) is 0 Å². The van der Waals surface area contributed by atoms with Crippen molar-refractivity contribution in [3.63, 3.8) is 0 Å². The molecule has 1 aromatic carbocycles. The molecule has 0 aliphatic rings. The van der Waals surface area contributed by atoms with E-state index in [-0.39, 0.29) is 18.1 Å². The monoisotopic (exact) mass is 212 g/mol. The zero-order valence-corrected chi connectivity index (χ0v) is 8.93. The highest BCUT2D eigenvalue weighted by molar-refractivity contribution is 7.98. The van der Waals surface area contributed by atoms with E-state index < -0.39 is 0 Å². The number of ether oxygens (including phenoxy) is 1. The number of hydrogen-bond donors (Lipinski definition) is 1. The van der Waals surface area contributed by atoms with Crippen molar-refractivity contribution >= 4 is 17.5 Å². The van der Waals surface area contributed by atoms with E-state index in [0.717, 1.165) is 4.90 Å². The van der Waals surface area contributed by atoms with Crippen LogP contribution in [0.1, 0.15) is 10.4 Å². The molecule has 0 fully saturated rings. The van der Waals surface area contributed by atoms with Gasteiger partial charge >= 0.3 is 0 Å². The Morgan fingerprint density at radius 3 is 2.79 bits per heavy atom. The van der Waals surface area contributed by atoms with Crippen molar-refractivity contribution < 1.29 is 14.6 Å². The molecule has 0 spiro atoms. The summed E-state index contributed by atoms with van der Waals surface area (Å²) in [6.45, 7) is 0.0397. The van der Waals surface area contributed by atoms with Gasteiger partial charge in [-0.2, -0.15) is 0 Å². The van der Waals surface area contributed by atoms with Crippen LogP contribution in [0, 0.1) is 0 Å². The number of hydrogen-bond acceptors (Lipinski definition) is 4. The largest absolute Gasteiger partial charge is 0.507 e. The maximum absolute atomic E-state index is 11.4. The molecule has 1 aromatic rings. The number of phenols is 1. The summed E-state index contributed by atoms with van der Waals surface area (Å²) in [5.41, 5.74) is 0.474. The van der Waals surface area contributed by atoms with Crippen molar-refractivity contribution in [3.8, 4) is 5.75 Å². The van der Waals surface area contributed by atoms with Crippen LogP contribution < -0.4 is 0 Å². The predicted octanol–water partition coefficient (Wildman–Crippen LogP) is 1.94. The van der Waals surface area contributed by atoms with Crippen molar-refractivity contribution in [2.75, 3.05) is 20.0 Å². The second-order valence-corrected chi connectivity index (χ2v) is 3.59. The maximum Gasteiger partial charge on any atom is 0.188 e. The fraction of sp³-hybridized carbons (Fsp3) is 0.300. The van der Waals surface area contributed by atoms with Crippen molar-refractivity contribution in [1.82, 2.24) is 0 Å². The molecule has 0 aliphatic carbocycles. The Bertz CT molecular complexity index is 336. The van der Waals surface area contributed by atoms with Gasteiger partial charge in [0, 0.05) is 17.6 Å². The minimum Gasteiger partial charge on any atom is -0.507 e. The maximum atomic E-state index is 11.4. The van der Waals surface area contributed by atoms with Crippen molar-refractivity contribution in [3.05, 3.63) is 23.8 Å². The fourth-order valence-corrected chi connectivity index (χ4v) is 1.55. The number of aromatic hydroxyl groups is 1. The molecule has 0 amide bonds. The van der Waals surface area contributed by atoms with E-state index in [9.17, 15) is 9.90 Å². The molecule has 1 N–H and O–H groups in total. The summed E-state index contributed by atoms with van der Waals surface area (Å²) in [4.78, 5) is 12.1. The van der Waals surface area contributed by atoms with Crippen LogP contribution >= 0.6 is 11.8 Å². The van der Waals surface area contributed by atoms with E-state index in [1.807, 2.05) is 6.26 Å². The SMILES string of the molecule is COCC(=O)c1ccc(SC)c(O)c1. The molecule has 0 atom stereocenters. The number of phenolic OH excluding ortho intramolecular Hbond substituents is 1. The van der Waals surface area contributed by atoms with Gasteiger partial charge in [0.2, 0.25) is 0 Å². The number of rotatable bonds is 4. The summed E-state index contributed by atoms with van der Waals surface area (Å²) < 4.78 is 4.72. The number of ketones is 1. The Hall–Kier alpha value is -1.00. The molecule has 3 nitrogen and oxygen atoms in total. The Morgan fingerprint density at radius 2 is 2.29 bits per heavy atom. The number of methoxy groups -OCH3 is 1. The van der Waals surface area contributed by atoms with Crippen molar-refractivity contribution in [1.29, 1.82) is 0 Å². The third-order valence-corrected chi connectivity index (χ3v) is 2.56. The zero-order valence-electron chi connectivity index (χ0n) is 8.11. The van der Waals surface area contributed by atoms with Crippen LogP contribution in [0.3, 0.4) is 0 Å². The van der Waals surface area contributed by atoms with Crippen LogP contribution in [0.5, 0.6) is 5.75 Å². The average Bonchev–Trinajstić information content (AvgIpc) is 2.18. The van der Waals surface area contributed by atoms with Gasteiger partial charge in [-0.1, -0.05) is 0 Å². The highest BCUT2D eigenvalue weighted by atomic mass is 32.2. The molecule has 0 unspecified atom stereocenters. The lowest BCUT2D eigenvalue weighted by molar-refractivity contribution is 0.0847. The van der Waals surface area contributed by atoms with Gasteiger partial charge in [-0.25, -0.2) is 0 Å². The quantitative estimate of drug-likeness (QED) is 0.612. The lowest BCUT2D eigenvalue weighted by Crippen LogP contribution is -2.06. The molecule has 14 heavy (non-hydrogen) atoms. The number of benzene rings is 1. The zero-order chi connectivity index (χ0) is 10.6. The molecule has 4 heteroatoms. The summed E-state index contributed by atoms with van der Waals surface area (Å²) in [6.07, 6.45) is 1.87. The highest BCUT2D eigenvalue weighted by Gasteiger charge is 2.08. The van der Waals surface area contributed by atoms with Crippen LogP contribution in [0.4, 0.5) is 0 Å². The van der Waals surface area contributed by atoms with E-state index in [2.05, 4.69) is 0 Å².